The molecule has 0 aromatic carbocycles. The average molecular weight is 332 g/mol. The van der Waals surface area contributed by atoms with E-state index >= 15 is 0 Å². The van der Waals surface area contributed by atoms with Crippen LogP contribution in [0.25, 0.3) is 0 Å². The Hall–Kier alpha value is -2.81. The summed E-state index contributed by atoms with van der Waals surface area (Å²) in [6, 6.07) is 5.93. The van der Waals surface area contributed by atoms with E-state index in [-0.39, 0.29) is 11.5 Å². The number of rotatable bonds is 4. The first-order valence-electron chi connectivity index (χ1n) is 6.69. The average Bonchev–Trinajstić information content (AvgIpc) is 3.08. The second-order valence-corrected chi connectivity index (χ2v) is 6.10. The number of thiophene rings is 1. The number of pyridine rings is 1. The van der Waals surface area contributed by atoms with Crippen molar-refractivity contribution in [1.82, 2.24) is 15.2 Å². The fraction of sp³-hybridized carbons (Fsp3) is 0.214. The summed E-state index contributed by atoms with van der Waals surface area (Å²) in [5, 5.41) is 14.9. The van der Waals surface area contributed by atoms with Gasteiger partial charge in [-0.1, -0.05) is 17.4 Å². The van der Waals surface area contributed by atoms with Crippen molar-refractivity contribution < 1.29 is 14.5 Å². The van der Waals surface area contributed by atoms with Crippen molar-refractivity contribution in [3.8, 4) is 0 Å². The zero-order valence-electron chi connectivity index (χ0n) is 12.1. The predicted octanol–water partition coefficient (Wildman–Crippen LogP) is 2.02. The molecular formula is C14H12N4O4S. The maximum Gasteiger partial charge on any atom is 0.325 e. The molecule has 3 rings (SSSR count). The molecule has 1 N–H and O–H groups in total. The lowest BCUT2D eigenvalue weighted by molar-refractivity contribution is -0.380. The molecule has 2 aromatic heterocycles. The molecule has 1 fully saturated rings. The molecule has 118 valence electrons. The van der Waals surface area contributed by atoms with Gasteiger partial charge in [-0.2, -0.15) is 0 Å². The predicted molar refractivity (Wildman–Crippen MR) is 81.6 cm³/mol. The Balaban J connectivity index is 1.85. The van der Waals surface area contributed by atoms with Gasteiger partial charge < -0.3 is 5.32 Å². The Morgan fingerprint density at radius 2 is 2.22 bits per heavy atom. The van der Waals surface area contributed by atoms with Gasteiger partial charge in [0.05, 0.1) is 17.2 Å². The van der Waals surface area contributed by atoms with Gasteiger partial charge in [-0.25, -0.2) is 4.79 Å². The van der Waals surface area contributed by atoms with Gasteiger partial charge in [-0.05, 0) is 24.6 Å². The standard InChI is InChI=1S/C14H12N4O4S/c1-14(10-4-2-3-5-15-10)12(19)17(13(20)16-14)7-9-6-11(18(21)22)23-8-9/h2-6,8H,7H2,1H3,(H,16,20)/t14-/m1/s1. The molecule has 1 saturated heterocycles. The number of hydrogen-bond donors (Lipinski definition) is 1. The van der Waals surface area contributed by atoms with Crippen LogP contribution in [0.4, 0.5) is 9.80 Å². The van der Waals surface area contributed by atoms with Gasteiger partial charge in [0.25, 0.3) is 5.91 Å². The molecule has 8 nitrogen and oxygen atoms in total. The van der Waals surface area contributed by atoms with Crippen molar-refractivity contribution in [2.75, 3.05) is 0 Å². The first kappa shape index (κ1) is 15.1. The minimum Gasteiger partial charge on any atom is -0.318 e. The molecule has 1 atom stereocenters. The number of imide groups is 1. The van der Waals surface area contributed by atoms with Crippen LogP contribution in [0.2, 0.25) is 0 Å². The van der Waals surface area contributed by atoms with E-state index in [1.54, 1.807) is 36.7 Å². The molecule has 0 radical (unpaired) electrons. The largest absolute Gasteiger partial charge is 0.325 e. The minimum absolute atomic E-state index is 0.0164. The maximum atomic E-state index is 12.7. The molecule has 0 bridgehead atoms. The Bertz CT molecular complexity index is 791. The van der Waals surface area contributed by atoms with Crippen LogP contribution in [-0.2, 0) is 16.9 Å². The number of carbonyl (C=O) groups is 2. The maximum absolute atomic E-state index is 12.7. The van der Waals surface area contributed by atoms with Crippen LogP contribution in [0.5, 0.6) is 0 Å². The van der Waals surface area contributed by atoms with Crippen LogP contribution < -0.4 is 5.32 Å². The smallest absolute Gasteiger partial charge is 0.318 e. The molecule has 9 heteroatoms. The minimum atomic E-state index is -1.24. The van der Waals surface area contributed by atoms with Crippen LogP contribution in [-0.4, -0.2) is 26.7 Å². The monoisotopic (exact) mass is 332 g/mol. The summed E-state index contributed by atoms with van der Waals surface area (Å²) in [7, 11) is 0. The number of aromatic nitrogens is 1. The summed E-state index contributed by atoms with van der Waals surface area (Å²) in [5.74, 6) is -0.435. The van der Waals surface area contributed by atoms with Gasteiger partial charge in [0, 0.05) is 17.6 Å². The number of nitrogens with zero attached hydrogens (tertiary/aromatic N) is 3. The van der Waals surface area contributed by atoms with Crippen molar-refractivity contribution in [3.05, 3.63) is 57.2 Å². The van der Waals surface area contributed by atoms with Crippen molar-refractivity contribution in [2.24, 2.45) is 0 Å². The third kappa shape index (κ3) is 2.55. The molecule has 0 spiro atoms. The normalized spacial score (nSPS) is 20.7. The molecule has 1 aliphatic heterocycles. The van der Waals surface area contributed by atoms with Crippen LogP contribution in [0.3, 0.4) is 0 Å². The zero-order chi connectivity index (χ0) is 16.6. The highest BCUT2D eigenvalue weighted by atomic mass is 32.1. The van der Waals surface area contributed by atoms with E-state index in [0.29, 0.717) is 11.3 Å². The van der Waals surface area contributed by atoms with E-state index in [0.717, 1.165) is 16.2 Å². The summed E-state index contributed by atoms with van der Waals surface area (Å²) in [4.78, 5) is 40.2. The van der Waals surface area contributed by atoms with Crippen LogP contribution >= 0.6 is 11.3 Å². The van der Waals surface area contributed by atoms with E-state index in [1.165, 1.54) is 6.07 Å². The van der Waals surface area contributed by atoms with E-state index in [2.05, 4.69) is 10.3 Å². The van der Waals surface area contributed by atoms with Gasteiger partial charge in [0.15, 0.2) is 5.54 Å². The molecule has 3 heterocycles. The summed E-state index contributed by atoms with van der Waals surface area (Å²) in [5.41, 5.74) is -0.257. The van der Waals surface area contributed by atoms with Crippen LogP contribution in [0.1, 0.15) is 18.2 Å². The Morgan fingerprint density at radius 3 is 2.83 bits per heavy atom. The molecule has 3 amide bonds. The SMILES string of the molecule is C[C@]1(c2ccccn2)NC(=O)N(Cc2csc([N+](=O)[O-])c2)C1=O. The van der Waals surface area contributed by atoms with E-state index in [9.17, 15) is 19.7 Å². The van der Waals surface area contributed by atoms with Gasteiger partial charge in [0.1, 0.15) is 0 Å². The van der Waals surface area contributed by atoms with Crippen molar-refractivity contribution >= 4 is 28.3 Å². The quantitative estimate of drug-likeness (QED) is 0.524. The summed E-state index contributed by atoms with van der Waals surface area (Å²) < 4.78 is 0. The summed E-state index contributed by atoms with van der Waals surface area (Å²) >= 11 is 0.959. The Kier molecular flexibility index (Phi) is 3.57. The lowest BCUT2D eigenvalue weighted by Gasteiger charge is -2.20. The van der Waals surface area contributed by atoms with E-state index < -0.39 is 22.4 Å². The molecular weight excluding hydrogens is 320 g/mol. The number of hydrogen-bond acceptors (Lipinski definition) is 6. The van der Waals surface area contributed by atoms with E-state index in [1.807, 2.05) is 0 Å². The molecule has 0 unspecified atom stereocenters. The molecule has 0 aliphatic carbocycles. The van der Waals surface area contributed by atoms with Gasteiger partial charge in [-0.3, -0.25) is 24.8 Å². The van der Waals surface area contributed by atoms with Gasteiger partial charge in [-0.15, -0.1) is 0 Å². The summed E-state index contributed by atoms with van der Waals surface area (Å²) in [6.07, 6.45) is 1.55. The Labute approximate surface area is 134 Å². The fourth-order valence-corrected chi connectivity index (χ4v) is 3.12. The second kappa shape index (κ2) is 5.43. The van der Waals surface area contributed by atoms with Crippen molar-refractivity contribution in [1.29, 1.82) is 0 Å². The lowest BCUT2D eigenvalue weighted by atomic mass is 9.97. The number of urea groups is 1. The molecule has 1 aliphatic rings. The highest BCUT2D eigenvalue weighted by Crippen LogP contribution is 2.30. The van der Waals surface area contributed by atoms with Crippen molar-refractivity contribution in [3.63, 3.8) is 0 Å². The molecule has 2 aromatic rings. The first-order valence-corrected chi connectivity index (χ1v) is 7.57. The third-order valence-corrected chi connectivity index (χ3v) is 4.54. The second-order valence-electron chi connectivity index (χ2n) is 5.21. The number of nitro groups is 1. The first-order chi connectivity index (χ1) is 10.9. The lowest BCUT2D eigenvalue weighted by Crippen LogP contribution is -2.41. The number of carbonyl (C=O) groups excluding carboxylic acids is 2. The topological polar surface area (TPSA) is 105 Å². The highest BCUT2D eigenvalue weighted by molar-refractivity contribution is 7.13. The summed E-state index contributed by atoms with van der Waals surface area (Å²) in [6.45, 7) is 1.57. The Morgan fingerprint density at radius 1 is 1.43 bits per heavy atom. The van der Waals surface area contributed by atoms with Crippen molar-refractivity contribution in [2.45, 2.75) is 19.0 Å². The van der Waals surface area contributed by atoms with Gasteiger partial charge >= 0.3 is 11.0 Å². The fourth-order valence-electron chi connectivity index (χ4n) is 2.40. The number of amides is 3. The zero-order valence-corrected chi connectivity index (χ0v) is 12.9. The third-order valence-electron chi connectivity index (χ3n) is 3.61. The molecule has 23 heavy (non-hydrogen) atoms. The number of nitrogens with one attached hydrogen (secondary N) is 1. The molecule has 0 saturated carbocycles. The van der Waals surface area contributed by atoms with Crippen LogP contribution in [0, 0.1) is 10.1 Å². The highest BCUT2D eigenvalue weighted by Gasteiger charge is 2.49. The van der Waals surface area contributed by atoms with E-state index in [4.69, 9.17) is 0 Å². The van der Waals surface area contributed by atoms with Crippen LogP contribution in [0.15, 0.2) is 35.8 Å². The van der Waals surface area contributed by atoms with Gasteiger partial charge in [0.2, 0.25) is 0 Å².